The third-order valence-electron chi connectivity index (χ3n) is 8.05. The van der Waals surface area contributed by atoms with Crippen molar-refractivity contribution in [1.29, 1.82) is 0 Å². The molecule has 0 aliphatic carbocycles. The first-order valence-electron chi connectivity index (χ1n) is 14.2. The molecule has 0 aromatic heterocycles. The van der Waals surface area contributed by atoms with Crippen molar-refractivity contribution >= 4 is 17.9 Å². The van der Waals surface area contributed by atoms with Crippen LogP contribution in [-0.2, 0) is 40.1 Å². The summed E-state index contributed by atoms with van der Waals surface area (Å²) in [6.45, 7) is 5.24. The van der Waals surface area contributed by atoms with E-state index in [0.717, 1.165) is 28.8 Å². The molecule has 2 aliphatic rings. The third kappa shape index (κ3) is 6.68. The number of ether oxygens (including phenoxy) is 1. The summed E-state index contributed by atoms with van der Waals surface area (Å²) in [5.41, 5.74) is 2.68. The lowest BCUT2D eigenvalue weighted by molar-refractivity contribution is -0.172. The molecule has 2 aliphatic heterocycles. The van der Waals surface area contributed by atoms with Crippen molar-refractivity contribution in [3.05, 3.63) is 106 Å². The molecular formula is C33H34F3N3O4. The number of amides is 3. The molecule has 3 amide bonds. The van der Waals surface area contributed by atoms with E-state index >= 15 is 0 Å². The van der Waals surface area contributed by atoms with Gasteiger partial charge in [0, 0.05) is 13.1 Å². The minimum Gasteiger partial charge on any atom is -0.444 e. The number of carbonyl (C=O) groups is 3. The van der Waals surface area contributed by atoms with E-state index in [1.807, 2.05) is 61.5 Å². The molecule has 10 heteroatoms. The molecule has 3 atom stereocenters. The monoisotopic (exact) mass is 593 g/mol. The number of nitrogens with zero attached hydrogens (tertiary/aromatic N) is 3. The summed E-state index contributed by atoms with van der Waals surface area (Å²) in [6, 6.07) is 19.9. The largest absolute Gasteiger partial charge is 0.444 e. The highest BCUT2D eigenvalue weighted by Crippen LogP contribution is 2.33. The maximum atomic E-state index is 13.8. The smallest absolute Gasteiger partial charge is 0.416 e. The van der Waals surface area contributed by atoms with Crippen LogP contribution in [0.25, 0.3) is 0 Å². The molecule has 2 saturated heterocycles. The van der Waals surface area contributed by atoms with Crippen molar-refractivity contribution in [2.45, 2.75) is 58.7 Å². The zero-order valence-electron chi connectivity index (χ0n) is 24.3. The quantitative estimate of drug-likeness (QED) is 0.367. The van der Waals surface area contributed by atoms with Gasteiger partial charge in [-0.1, -0.05) is 71.8 Å². The number of benzene rings is 3. The number of hydrogen-bond acceptors (Lipinski definition) is 4. The van der Waals surface area contributed by atoms with Gasteiger partial charge in [-0.25, -0.2) is 4.79 Å². The number of rotatable bonds is 6. The van der Waals surface area contributed by atoms with Gasteiger partial charge in [0.1, 0.15) is 18.8 Å². The van der Waals surface area contributed by atoms with Crippen LogP contribution in [0.5, 0.6) is 0 Å². The zero-order valence-corrected chi connectivity index (χ0v) is 24.3. The van der Waals surface area contributed by atoms with Gasteiger partial charge in [-0.15, -0.1) is 0 Å². The van der Waals surface area contributed by atoms with Crippen LogP contribution in [0.4, 0.5) is 18.0 Å². The summed E-state index contributed by atoms with van der Waals surface area (Å²) in [5, 5.41) is 0. The van der Waals surface area contributed by atoms with Crippen LogP contribution in [0.3, 0.4) is 0 Å². The molecule has 3 aromatic rings. The lowest BCUT2D eigenvalue weighted by Crippen LogP contribution is -2.72. The molecule has 0 saturated carbocycles. The highest BCUT2D eigenvalue weighted by atomic mass is 19.4. The third-order valence-corrected chi connectivity index (χ3v) is 8.05. The Morgan fingerprint density at radius 3 is 2.23 bits per heavy atom. The minimum absolute atomic E-state index is 0.0500. The van der Waals surface area contributed by atoms with E-state index in [9.17, 15) is 27.6 Å². The van der Waals surface area contributed by atoms with Crippen LogP contribution >= 0.6 is 0 Å². The minimum atomic E-state index is -4.53. The van der Waals surface area contributed by atoms with Crippen LogP contribution in [-0.4, -0.2) is 57.9 Å². The van der Waals surface area contributed by atoms with E-state index in [1.165, 1.54) is 15.9 Å². The number of piperazine rings is 1. The van der Waals surface area contributed by atoms with Crippen molar-refractivity contribution in [3.8, 4) is 0 Å². The second kappa shape index (κ2) is 12.1. The summed E-state index contributed by atoms with van der Waals surface area (Å²) < 4.78 is 45.7. The standard InChI is InChI=1S/C33H34F3N3O4/c1-21-9-11-24(12-10-21)15-27-18-38(32(42)43-20-26-13-22(2)14-28(16-26)33(34,35)36)29-19-37(17-25-7-5-4-6-8-25)30(40)23(3)39(29)31(27)41/h4-14,16,23,27,29H,15,17-20H2,1-3H3/t23-,27+,29+/m0/s1. The van der Waals surface area contributed by atoms with Gasteiger partial charge in [-0.2, -0.15) is 13.2 Å². The molecule has 0 bridgehead atoms. The second-order valence-corrected chi connectivity index (χ2v) is 11.4. The Labute approximate surface area is 248 Å². The first-order chi connectivity index (χ1) is 20.4. The van der Waals surface area contributed by atoms with Gasteiger partial charge in [0.05, 0.1) is 18.0 Å². The van der Waals surface area contributed by atoms with Gasteiger partial charge >= 0.3 is 12.3 Å². The molecule has 0 spiro atoms. The molecular weight excluding hydrogens is 559 g/mol. The summed E-state index contributed by atoms with van der Waals surface area (Å²) in [5.74, 6) is -1.07. The van der Waals surface area contributed by atoms with Gasteiger partial charge in [-0.3, -0.25) is 14.5 Å². The first kappa shape index (κ1) is 30.1. The van der Waals surface area contributed by atoms with Crippen LogP contribution in [0.15, 0.2) is 72.8 Å². The number of alkyl halides is 3. The molecule has 2 heterocycles. The number of carbonyl (C=O) groups excluding carboxylic acids is 3. The molecule has 0 N–H and O–H groups in total. The van der Waals surface area contributed by atoms with E-state index in [0.29, 0.717) is 18.5 Å². The van der Waals surface area contributed by atoms with Crippen molar-refractivity contribution in [2.75, 3.05) is 13.1 Å². The summed E-state index contributed by atoms with van der Waals surface area (Å²) in [6.07, 6.45) is -5.72. The van der Waals surface area contributed by atoms with E-state index in [2.05, 4.69) is 0 Å². The van der Waals surface area contributed by atoms with E-state index in [1.54, 1.807) is 18.7 Å². The molecule has 226 valence electrons. The molecule has 0 unspecified atom stereocenters. The highest BCUT2D eigenvalue weighted by molar-refractivity contribution is 5.91. The predicted octanol–water partition coefficient (Wildman–Crippen LogP) is 5.72. The lowest BCUT2D eigenvalue weighted by Gasteiger charge is -2.53. The Bertz CT molecular complexity index is 1490. The van der Waals surface area contributed by atoms with E-state index < -0.39 is 36.0 Å². The average molecular weight is 594 g/mol. The van der Waals surface area contributed by atoms with Crippen molar-refractivity contribution in [2.24, 2.45) is 5.92 Å². The van der Waals surface area contributed by atoms with Crippen LogP contribution in [0, 0.1) is 19.8 Å². The van der Waals surface area contributed by atoms with Crippen LogP contribution in [0.2, 0.25) is 0 Å². The fourth-order valence-corrected chi connectivity index (χ4v) is 5.89. The first-order valence-corrected chi connectivity index (χ1v) is 14.2. The number of hydrogen-bond donors (Lipinski definition) is 0. The van der Waals surface area contributed by atoms with Gasteiger partial charge in [0.2, 0.25) is 11.8 Å². The van der Waals surface area contributed by atoms with E-state index in [-0.39, 0.29) is 37.1 Å². The zero-order chi connectivity index (χ0) is 30.9. The maximum absolute atomic E-state index is 13.8. The second-order valence-electron chi connectivity index (χ2n) is 11.4. The van der Waals surface area contributed by atoms with Gasteiger partial charge in [-0.05, 0) is 56.0 Å². The SMILES string of the molecule is Cc1ccc(C[C@@H]2CN(C(=O)OCc3cc(C)cc(C(F)(F)F)c3)[C@H]3CN(Cc4ccccc4)C(=O)[C@H](C)N3C2=O)cc1. The Hall–Kier alpha value is -4.34. The normalized spacial score (nSPS) is 20.7. The summed E-state index contributed by atoms with van der Waals surface area (Å²) in [7, 11) is 0. The number of aryl methyl sites for hydroxylation is 2. The molecule has 7 nitrogen and oxygen atoms in total. The van der Waals surface area contributed by atoms with Gasteiger partial charge in [0.15, 0.2) is 0 Å². The predicted molar refractivity (Wildman–Crippen MR) is 153 cm³/mol. The van der Waals surface area contributed by atoms with Crippen molar-refractivity contribution in [1.82, 2.24) is 14.7 Å². The Balaban J connectivity index is 1.41. The molecule has 0 radical (unpaired) electrons. The highest BCUT2D eigenvalue weighted by Gasteiger charge is 2.50. The van der Waals surface area contributed by atoms with Crippen molar-refractivity contribution < 1.29 is 32.3 Å². The van der Waals surface area contributed by atoms with Crippen molar-refractivity contribution in [3.63, 3.8) is 0 Å². The Morgan fingerprint density at radius 1 is 0.860 bits per heavy atom. The fourth-order valence-electron chi connectivity index (χ4n) is 5.89. The molecule has 3 aromatic carbocycles. The molecule has 2 fully saturated rings. The van der Waals surface area contributed by atoms with Crippen LogP contribution in [0.1, 0.15) is 40.3 Å². The van der Waals surface area contributed by atoms with Gasteiger partial charge in [0.25, 0.3) is 0 Å². The van der Waals surface area contributed by atoms with Gasteiger partial charge < -0.3 is 14.5 Å². The average Bonchev–Trinajstić information content (AvgIpc) is 2.96. The molecule has 5 rings (SSSR count). The topological polar surface area (TPSA) is 70.2 Å². The molecule has 43 heavy (non-hydrogen) atoms. The maximum Gasteiger partial charge on any atom is 0.416 e. The summed E-state index contributed by atoms with van der Waals surface area (Å²) >= 11 is 0. The summed E-state index contributed by atoms with van der Waals surface area (Å²) in [4.78, 5) is 45.5. The number of fused-ring (bicyclic) bond motifs is 1. The number of halogens is 3. The lowest BCUT2D eigenvalue weighted by atomic mass is 9.92. The fraction of sp³-hybridized carbons (Fsp3) is 0.364. The van der Waals surface area contributed by atoms with E-state index in [4.69, 9.17) is 4.74 Å². The Morgan fingerprint density at radius 2 is 1.56 bits per heavy atom. The van der Waals surface area contributed by atoms with Crippen LogP contribution < -0.4 is 0 Å². The Kier molecular flexibility index (Phi) is 8.48.